The number of ether oxygens (including phenoxy) is 1. The molecule has 4 heteroatoms. The van der Waals surface area contributed by atoms with E-state index in [-0.39, 0.29) is 0 Å². The highest BCUT2D eigenvalue weighted by Crippen LogP contribution is 2.23. The quantitative estimate of drug-likeness (QED) is 0.868. The molecule has 1 aromatic heterocycles. The van der Waals surface area contributed by atoms with Gasteiger partial charge in [-0.05, 0) is 35.9 Å². The summed E-state index contributed by atoms with van der Waals surface area (Å²) < 4.78 is 8.66. The molecule has 0 unspecified atom stereocenters. The minimum atomic E-state index is 0.488. The smallest absolute Gasteiger partial charge is 0.119 e. The maximum absolute atomic E-state index is 5.30. The largest absolute Gasteiger partial charge is 0.497 e. The van der Waals surface area contributed by atoms with E-state index in [1.807, 2.05) is 12.1 Å². The first-order valence-corrected chi connectivity index (χ1v) is 7.59. The average Bonchev–Trinajstić information content (AvgIpc) is 2.86. The molecule has 1 aromatic carbocycles. The third-order valence-electron chi connectivity index (χ3n) is 3.21. The number of aromatic nitrogens is 1. The molecule has 0 radical (unpaired) electrons. The van der Waals surface area contributed by atoms with Crippen LogP contribution in [0, 0.1) is 0 Å². The minimum absolute atomic E-state index is 0.488. The van der Waals surface area contributed by atoms with E-state index in [9.17, 15) is 0 Å². The molecule has 1 N–H and O–H groups in total. The van der Waals surface area contributed by atoms with Crippen molar-refractivity contribution in [3.8, 4) is 5.75 Å². The van der Waals surface area contributed by atoms with Crippen LogP contribution in [0.4, 0.5) is 0 Å². The Morgan fingerprint density at radius 3 is 2.80 bits per heavy atom. The molecule has 3 nitrogen and oxygen atoms in total. The number of nitrogens with one attached hydrogen (secondary N) is 1. The Morgan fingerprint density at radius 1 is 1.30 bits per heavy atom. The number of hydrogen-bond donors (Lipinski definition) is 1. The second-order valence-electron chi connectivity index (χ2n) is 5.12. The number of nitrogens with zero attached hydrogens (tertiary/aromatic N) is 1. The summed E-state index contributed by atoms with van der Waals surface area (Å²) in [7, 11) is 1.70. The van der Waals surface area contributed by atoms with E-state index in [2.05, 4.69) is 64.1 Å². The summed E-state index contributed by atoms with van der Waals surface area (Å²) >= 11 is 3.61. The zero-order valence-electron chi connectivity index (χ0n) is 12.2. The fourth-order valence-electron chi connectivity index (χ4n) is 2.06. The monoisotopic (exact) mass is 336 g/mol. The second kappa shape index (κ2) is 6.95. The van der Waals surface area contributed by atoms with Crippen LogP contribution >= 0.6 is 15.9 Å². The van der Waals surface area contributed by atoms with E-state index < -0.39 is 0 Å². The van der Waals surface area contributed by atoms with Gasteiger partial charge >= 0.3 is 0 Å². The van der Waals surface area contributed by atoms with Crippen molar-refractivity contribution in [1.82, 2.24) is 9.88 Å². The summed E-state index contributed by atoms with van der Waals surface area (Å²) in [5.41, 5.74) is 2.50. The SMILES string of the molecule is COc1ccc(Br)c(Cn2cccc2CNC(C)C)c1. The van der Waals surface area contributed by atoms with Gasteiger partial charge in [-0.1, -0.05) is 29.8 Å². The van der Waals surface area contributed by atoms with Crippen molar-refractivity contribution in [1.29, 1.82) is 0 Å². The van der Waals surface area contributed by atoms with Gasteiger partial charge in [0.05, 0.1) is 7.11 Å². The van der Waals surface area contributed by atoms with Gasteiger partial charge in [-0.15, -0.1) is 0 Å². The highest BCUT2D eigenvalue weighted by molar-refractivity contribution is 9.10. The molecule has 0 saturated carbocycles. The lowest BCUT2D eigenvalue weighted by atomic mass is 10.2. The van der Waals surface area contributed by atoms with Crippen LogP contribution in [0.3, 0.4) is 0 Å². The number of methoxy groups -OCH3 is 1. The van der Waals surface area contributed by atoms with E-state index in [1.54, 1.807) is 7.11 Å². The maximum atomic E-state index is 5.30. The molecule has 0 bridgehead atoms. The third-order valence-corrected chi connectivity index (χ3v) is 3.98. The fourth-order valence-corrected chi connectivity index (χ4v) is 2.43. The van der Waals surface area contributed by atoms with Crippen molar-refractivity contribution in [2.75, 3.05) is 7.11 Å². The van der Waals surface area contributed by atoms with Gasteiger partial charge in [0.2, 0.25) is 0 Å². The van der Waals surface area contributed by atoms with Crippen molar-refractivity contribution in [3.63, 3.8) is 0 Å². The van der Waals surface area contributed by atoms with Gasteiger partial charge < -0.3 is 14.6 Å². The van der Waals surface area contributed by atoms with Gasteiger partial charge in [0.25, 0.3) is 0 Å². The summed E-state index contributed by atoms with van der Waals surface area (Å²) in [6, 6.07) is 10.8. The van der Waals surface area contributed by atoms with Crippen LogP contribution in [-0.2, 0) is 13.1 Å². The van der Waals surface area contributed by atoms with Crippen LogP contribution in [0.2, 0.25) is 0 Å². The predicted octanol–water partition coefficient (Wildman–Crippen LogP) is 3.81. The van der Waals surface area contributed by atoms with E-state index in [1.165, 1.54) is 11.3 Å². The van der Waals surface area contributed by atoms with Gasteiger partial charge in [-0.3, -0.25) is 0 Å². The Labute approximate surface area is 129 Å². The number of halogens is 1. The fraction of sp³-hybridized carbons (Fsp3) is 0.375. The summed E-state index contributed by atoms with van der Waals surface area (Å²) in [4.78, 5) is 0. The molecular weight excluding hydrogens is 316 g/mol. The third kappa shape index (κ3) is 3.87. The molecule has 108 valence electrons. The standard InChI is InChI=1S/C16H21BrN2O/c1-12(2)18-10-14-5-4-8-19(14)11-13-9-15(20-3)6-7-16(13)17/h4-9,12,18H,10-11H2,1-3H3. The van der Waals surface area contributed by atoms with Crippen molar-refractivity contribution < 1.29 is 4.74 Å². The Morgan fingerprint density at radius 2 is 2.10 bits per heavy atom. The van der Waals surface area contributed by atoms with Crippen molar-refractivity contribution in [3.05, 3.63) is 52.3 Å². The van der Waals surface area contributed by atoms with E-state index in [0.29, 0.717) is 6.04 Å². The molecule has 0 atom stereocenters. The van der Waals surface area contributed by atoms with E-state index in [0.717, 1.165) is 23.3 Å². The zero-order valence-corrected chi connectivity index (χ0v) is 13.8. The second-order valence-corrected chi connectivity index (χ2v) is 5.97. The first-order chi connectivity index (χ1) is 9.60. The molecule has 0 aliphatic carbocycles. The maximum Gasteiger partial charge on any atom is 0.119 e. The van der Waals surface area contributed by atoms with Gasteiger partial charge in [0.1, 0.15) is 5.75 Å². The van der Waals surface area contributed by atoms with Crippen molar-refractivity contribution in [2.24, 2.45) is 0 Å². The topological polar surface area (TPSA) is 26.2 Å². The first kappa shape index (κ1) is 15.1. The summed E-state index contributed by atoms with van der Waals surface area (Å²) in [5, 5.41) is 3.45. The molecule has 0 aliphatic heterocycles. The van der Waals surface area contributed by atoms with Gasteiger partial charge in [-0.25, -0.2) is 0 Å². The lowest BCUT2D eigenvalue weighted by molar-refractivity contribution is 0.414. The Kier molecular flexibility index (Phi) is 5.26. The Hall–Kier alpha value is -1.26. The molecule has 0 aliphatic rings. The summed E-state index contributed by atoms with van der Waals surface area (Å²) in [6.07, 6.45) is 2.11. The number of rotatable bonds is 6. The molecule has 0 amide bonds. The molecular formula is C16H21BrN2O. The molecule has 0 spiro atoms. The highest BCUT2D eigenvalue weighted by Gasteiger charge is 2.06. The van der Waals surface area contributed by atoms with E-state index >= 15 is 0 Å². The normalized spacial score (nSPS) is 11.1. The van der Waals surface area contributed by atoms with Crippen LogP contribution in [0.5, 0.6) is 5.75 Å². The minimum Gasteiger partial charge on any atom is -0.497 e. The summed E-state index contributed by atoms with van der Waals surface area (Å²) in [6.45, 7) is 6.03. The van der Waals surface area contributed by atoms with Crippen LogP contribution in [0.1, 0.15) is 25.1 Å². The van der Waals surface area contributed by atoms with Crippen LogP contribution < -0.4 is 10.1 Å². The Balaban J connectivity index is 2.16. The lowest BCUT2D eigenvalue weighted by Crippen LogP contribution is -2.23. The van der Waals surface area contributed by atoms with Crippen LogP contribution in [0.15, 0.2) is 41.0 Å². The number of benzene rings is 1. The first-order valence-electron chi connectivity index (χ1n) is 6.80. The van der Waals surface area contributed by atoms with Crippen LogP contribution in [-0.4, -0.2) is 17.7 Å². The summed E-state index contributed by atoms with van der Waals surface area (Å²) in [5.74, 6) is 0.886. The Bertz CT molecular complexity index is 563. The molecule has 0 fully saturated rings. The molecule has 0 saturated heterocycles. The van der Waals surface area contributed by atoms with Crippen molar-refractivity contribution >= 4 is 15.9 Å². The number of hydrogen-bond acceptors (Lipinski definition) is 2. The lowest BCUT2D eigenvalue weighted by Gasteiger charge is -2.14. The zero-order chi connectivity index (χ0) is 14.5. The average molecular weight is 337 g/mol. The molecule has 20 heavy (non-hydrogen) atoms. The molecule has 2 rings (SSSR count). The van der Waals surface area contributed by atoms with Crippen molar-refractivity contribution in [2.45, 2.75) is 33.0 Å². The molecule has 2 aromatic rings. The van der Waals surface area contributed by atoms with Gasteiger partial charge in [-0.2, -0.15) is 0 Å². The predicted molar refractivity (Wildman–Crippen MR) is 86.2 cm³/mol. The van der Waals surface area contributed by atoms with Gasteiger partial charge in [0, 0.05) is 35.5 Å². The van der Waals surface area contributed by atoms with Gasteiger partial charge in [0.15, 0.2) is 0 Å². The van der Waals surface area contributed by atoms with E-state index in [4.69, 9.17) is 4.74 Å². The molecule has 1 heterocycles. The van der Waals surface area contributed by atoms with Crippen LogP contribution in [0.25, 0.3) is 0 Å². The highest BCUT2D eigenvalue weighted by atomic mass is 79.9.